The Bertz CT molecular complexity index is 602. The van der Waals surface area contributed by atoms with Gasteiger partial charge in [-0.3, -0.25) is 20.2 Å². The zero-order valence-corrected chi connectivity index (χ0v) is 11.8. The molecule has 22 heavy (non-hydrogen) atoms. The van der Waals surface area contributed by atoms with Crippen LogP contribution in [0.2, 0.25) is 0 Å². The maximum Gasteiger partial charge on any atom is 0.326 e. The first-order valence-corrected chi connectivity index (χ1v) is 6.25. The molecule has 1 aromatic carbocycles. The van der Waals surface area contributed by atoms with Crippen molar-refractivity contribution in [1.29, 1.82) is 0 Å². The molecule has 3 N–H and O–H groups in total. The van der Waals surface area contributed by atoms with Crippen molar-refractivity contribution in [2.75, 3.05) is 5.32 Å². The third-order valence-electron chi connectivity index (χ3n) is 3.25. The Morgan fingerprint density at radius 3 is 2.23 bits per heavy atom. The number of aliphatic hydroxyl groups excluding tert-OH is 1. The van der Waals surface area contributed by atoms with Crippen LogP contribution < -0.4 is 5.32 Å². The van der Waals surface area contributed by atoms with Crippen molar-refractivity contribution in [3.63, 3.8) is 0 Å². The average molecular weight is 313 g/mol. The van der Waals surface area contributed by atoms with Crippen LogP contribution in [0, 0.1) is 26.1 Å². The van der Waals surface area contributed by atoms with E-state index in [-0.39, 0.29) is 5.69 Å². The smallest absolute Gasteiger partial charge is 0.326 e. The van der Waals surface area contributed by atoms with E-state index in [1.165, 1.54) is 13.8 Å². The number of anilines is 1. The summed E-state index contributed by atoms with van der Waals surface area (Å²) in [5, 5.41) is 42.8. The van der Waals surface area contributed by atoms with Crippen molar-refractivity contribution in [2.45, 2.75) is 26.0 Å². The molecule has 0 aliphatic heterocycles. The van der Waals surface area contributed by atoms with Gasteiger partial charge in [0, 0.05) is 12.0 Å². The number of hydrogen-bond acceptors (Lipinski definition) is 7. The first-order chi connectivity index (χ1) is 10.1. The van der Waals surface area contributed by atoms with Gasteiger partial charge in [0.05, 0.1) is 22.0 Å². The second-order valence-electron chi connectivity index (χ2n) is 4.78. The number of nitrogens with zero attached hydrogens (tertiary/aromatic N) is 2. The second kappa shape index (κ2) is 6.80. The summed E-state index contributed by atoms with van der Waals surface area (Å²) >= 11 is 0. The standard InChI is InChI=1S/C12H15N3O7/c1-6(7(2)16)11(12(17)18)13-9-4-3-8(14(19)20)5-10(9)15(21)22/h3-7,11,13,16H,1-2H3,(H,17,18). The van der Waals surface area contributed by atoms with Gasteiger partial charge in [0.15, 0.2) is 0 Å². The van der Waals surface area contributed by atoms with Gasteiger partial charge in [0.1, 0.15) is 11.7 Å². The number of rotatable bonds is 7. The molecule has 0 bridgehead atoms. The number of carboxylic acids is 1. The monoisotopic (exact) mass is 313 g/mol. The summed E-state index contributed by atoms with van der Waals surface area (Å²) in [5.41, 5.74) is -1.26. The second-order valence-corrected chi connectivity index (χ2v) is 4.78. The largest absolute Gasteiger partial charge is 0.480 e. The van der Waals surface area contributed by atoms with Crippen LogP contribution in [0.5, 0.6) is 0 Å². The van der Waals surface area contributed by atoms with Gasteiger partial charge in [0.2, 0.25) is 0 Å². The molecule has 120 valence electrons. The SMILES string of the molecule is CC(O)C(C)C(Nc1ccc([N+](=O)[O-])cc1[N+](=O)[O-])C(=O)O. The fraction of sp³-hybridized carbons (Fsp3) is 0.417. The third kappa shape index (κ3) is 3.88. The van der Waals surface area contributed by atoms with Gasteiger partial charge in [-0.1, -0.05) is 6.92 Å². The highest BCUT2D eigenvalue weighted by molar-refractivity contribution is 5.79. The Morgan fingerprint density at radius 2 is 1.82 bits per heavy atom. The number of carbonyl (C=O) groups is 1. The molecule has 0 aliphatic carbocycles. The van der Waals surface area contributed by atoms with Crippen LogP contribution >= 0.6 is 0 Å². The number of carboxylic acid groups (broad SMARTS) is 1. The molecule has 0 heterocycles. The van der Waals surface area contributed by atoms with E-state index in [0.717, 1.165) is 18.2 Å². The van der Waals surface area contributed by atoms with E-state index in [9.17, 15) is 35.2 Å². The van der Waals surface area contributed by atoms with E-state index in [0.29, 0.717) is 0 Å². The van der Waals surface area contributed by atoms with E-state index in [1.54, 1.807) is 0 Å². The lowest BCUT2D eigenvalue weighted by Gasteiger charge is -2.24. The summed E-state index contributed by atoms with van der Waals surface area (Å²) in [7, 11) is 0. The van der Waals surface area contributed by atoms with Crippen molar-refractivity contribution in [1.82, 2.24) is 0 Å². The maximum absolute atomic E-state index is 11.3. The minimum absolute atomic E-state index is 0.171. The topological polar surface area (TPSA) is 156 Å². The highest BCUT2D eigenvalue weighted by Gasteiger charge is 2.30. The van der Waals surface area contributed by atoms with Crippen LogP contribution in [0.25, 0.3) is 0 Å². The Kier molecular flexibility index (Phi) is 5.35. The van der Waals surface area contributed by atoms with Crippen molar-refractivity contribution in [3.8, 4) is 0 Å². The molecule has 0 saturated heterocycles. The Morgan fingerprint density at radius 1 is 1.23 bits per heavy atom. The van der Waals surface area contributed by atoms with Gasteiger partial charge < -0.3 is 15.5 Å². The lowest BCUT2D eigenvalue weighted by molar-refractivity contribution is -0.393. The fourth-order valence-electron chi connectivity index (χ4n) is 1.77. The molecule has 10 heteroatoms. The molecule has 0 aromatic heterocycles. The molecule has 0 spiro atoms. The molecular formula is C12H15N3O7. The van der Waals surface area contributed by atoms with Crippen molar-refractivity contribution < 1.29 is 24.9 Å². The molecular weight excluding hydrogens is 298 g/mol. The van der Waals surface area contributed by atoms with Gasteiger partial charge >= 0.3 is 5.97 Å². The summed E-state index contributed by atoms with van der Waals surface area (Å²) in [6.45, 7) is 2.86. The molecule has 0 fully saturated rings. The highest BCUT2D eigenvalue weighted by atomic mass is 16.6. The highest BCUT2D eigenvalue weighted by Crippen LogP contribution is 2.30. The van der Waals surface area contributed by atoms with E-state index in [4.69, 9.17) is 0 Å². The minimum atomic E-state index is -1.30. The number of non-ortho nitro benzene ring substituents is 1. The molecule has 0 aliphatic rings. The number of nitro benzene ring substituents is 2. The van der Waals surface area contributed by atoms with E-state index in [2.05, 4.69) is 5.32 Å². The van der Waals surface area contributed by atoms with Crippen molar-refractivity contribution in [2.24, 2.45) is 5.92 Å². The molecule has 3 atom stereocenters. The van der Waals surface area contributed by atoms with Crippen LogP contribution in [0.4, 0.5) is 17.1 Å². The number of hydrogen-bond donors (Lipinski definition) is 3. The fourth-order valence-corrected chi connectivity index (χ4v) is 1.77. The molecule has 1 rings (SSSR count). The van der Waals surface area contributed by atoms with Crippen molar-refractivity contribution >= 4 is 23.0 Å². The zero-order valence-electron chi connectivity index (χ0n) is 11.8. The van der Waals surface area contributed by atoms with Crippen molar-refractivity contribution in [3.05, 3.63) is 38.4 Å². The summed E-state index contributed by atoms with van der Waals surface area (Å²) in [6, 6.07) is 1.55. The Labute approximate surface area is 124 Å². The van der Waals surface area contributed by atoms with Crippen LogP contribution in [-0.4, -0.2) is 38.2 Å². The van der Waals surface area contributed by atoms with Gasteiger partial charge in [-0.2, -0.15) is 0 Å². The lowest BCUT2D eigenvalue weighted by atomic mass is 9.96. The predicted molar refractivity (Wildman–Crippen MR) is 75.6 cm³/mol. The van der Waals surface area contributed by atoms with E-state index in [1.807, 2.05) is 0 Å². The van der Waals surface area contributed by atoms with Crippen LogP contribution in [0.15, 0.2) is 18.2 Å². The third-order valence-corrected chi connectivity index (χ3v) is 3.25. The molecule has 1 aromatic rings. The van der Waals surface area contributed by atoms with Crippen LogP contribution in [-0.2, 0) is 4.79 Å². The summed E-state index contributed by atoms with van der Waals surface area (Å²) in [6.07, 6.45) is -0.967. The first kappa shape index (κ1) is 17.3. The predicted octanol–water partition coefficient (Wildman–Crippen LogP) is 1.38. The Hall–Kier alpha value is -2.75. The van der Waals surface area contributed by atoms with Gasteiger partial charge in [-0.25, -0.2) is 4.79 Å². The van der Waals surface area contributed by atoms with E-state index >= 15 is 0 Å². The van der Waals surface area contributed by atoms with Gasteiger partial charge in [0.25, 0.3) is 11.4 Å². The number of nitrogens with one attached hydrogen (secondary N) is 1. The quantitative estimate of drug-likeness (QED) is 0.503. The minimum Gasteiger partial charge on any atom is -0.480 e. The zero-order chi connectivity index (χ0) is 17.0. The Balaban J connectivity index is 3.22. The number of benzene rings is 1. The summed E-state index contributed by atoms with van der Waals surface area (Å²) in [5.74, 6) is -2.05. The van der Waals surface area contributed by atoms with Gasteiger partial charge in [-0.05, 0) is 13.0 Å². The van der Waals surface area contributed by atoms with Crippen LogP contribution in [0.1, 0.15) is 13.8 Å². The number of aliphatic carboxylic acids is 1. The number of aliphatic hydroxyl groups is 1. The summed E-state index contributed by atoms with van der Waals surface area (Å²) < 4.78 is 0. The molecule has 0 radical (unpaired) electrons. The van der Waals surface area contributed by atoms with Crippen LogP contribution in [0.3, 0.4) is 0 Å². The van der Waals surface area contributed by atoms with E-state index < -0.39 is 45.3 Å². The first-order valence-electron chi connectivity index (χ1n) is 6.25. The number of nitro groups is 2. The molecule has 10 nitrogen and oxygen atoms in total. The van der Waals surface area contributed by atoms with Gasteiger partial charge in [-0.15, -0.1) is 0 Å². The molecule has 3 unspecified atom stereocenters. The lowest BCUT2D eigenvalue weighted by Crippen LogP contribution is -2.40. The molecule has 0 amide bonds. The normalized spacial score (nSPS) is 14.7. The summed E-state index contributed by atoms with van der Waals surface area (Å²) in [4.78, 5) is 31.3. The maximum atomic E-state index is 11.3. The molecule has 0 saturated carbocycles. The average Bonchev–Trinajstić information content (AvgIpc) is 2.43.